The molecular formula is C18H20F2N2. The van der Waals surface area contributed by atoms with Crippen molar-refractivity contribution < 1.29 is 8.78 Å². The number of hydrogen-bond acceptors (Lipinski definition) is 2. The second-order valence-corrected chi connectivity index (χ2v) is 6.05. The van der Waals surface area contributed by atoms with Gasteiger partial charge in [-0.15, -0.1) is 0 Å². The summed E-state index contributed by atoms with van der Waals surface area (Å²) in [5, 5.41) is 0. The Hall–Kier alpha value is -1.78. The summed E-state index contributed by atoms with van der Waals surface area (Å²) in [4.78, 5) is 2.22. The highest BCUT2D eigenvalue weighted by Gasteiger charge is 2.26. The molecule has 2 atom stereocenters. The summed E-state index contributed by atoms with van der Waals surface area (Å²) in [5.41, 5.74) is 8.25. The Labute approximate surface area is 129 Å². The predicted molar refractivity (Wildman–Crippen MR) is 83.4 cm³/mol. The minimum Gasteiger partial charge on any atom is -0.327 e. The van der Waals surface area contributed by atoms with Crippen molar-refractivity contribution in [2.75, 3.05) is 13.1 Å². The number of nitrogens with zero attached hydrogens (tertiary/aromatic N) is 1. The first-order valence-electron chi connectivity index (χ1n) is 7.58. The topological polar surface area (TPSA) is 29.3 Å². The average molecular weight is 302 g/mol. The van der Waals surface area contributed by atoms with Gasteiger partial charge in [0.2, 0.25) is 0 Å². The minimum atomic E-state index is -0.804. The van der Waals surface area contributed by atoms with Gasteiger partial charge in [-0.3, -0.25) is 4.90 Å². The standard InChI is InChI=1S/C18H20F2N2/c19-17-7-6-13(8-18(17)20)10-22-11-15(9-16(21)12-22)14-4-2-1-3-5-14/h1-8,15-16H,9-12,21H2. The lowest BCUT2D eigenvalue weighted by Crippen LogP contribution is -2.45. The fourth-order valence-electron chi connectivity index (χ4n) is 3.22. The molecule has 22 heavy (non-hydrogen) atoms. The first kappa shape index (κ1) is 15.1. The lowest BCUT2D eigenvalue weighted by molar-refractivity contribution is 0.181. The third kappa shape index (κ3) is 3.51. The zero-order valence-corrected chi connectivity index (χ0v) is 12.4. The van der Waals surface area contributed by atoms with Gasteiger partial charge < -0.3 is 5.73 Å². The molecule has 2 aromatic carbocycles. The molecule has 1 fully saturated rings. The molecule has 1 saturated heterocycles. The molecule has 116 valence electrons. The Morgan fingerprint density at radius 3 is 2.50 bits per heavy atom. The molecule has 0 spiro atoms. The van der Waals surface area contributed by atoms with Crippen LogP contribution in [0, 0.1) is 11.6 Å². The smallest absolute Gasteiger partial charge is 0.159 e. The third-order valence-electron chi connectivity index (χ3n) is 4.22. The molecule has 1 heterocycles. The van der Waals surface area contributed by atoms with Crippen LogP contribution in [0.2, 0.25) is 0 Å². The van der Waals surface area contributed by atoms with Gasteiger partial charge in [0.25, 0.3) is 0 Å². The van der Waals surface area contributed by atoms with E-state index in [-0.39, 0.29) is 6.04 Å². The van der Waals surface area contributed by atoms with Crippen molar-refractivity contribution in [3.8, 4) is 0 Å². The van der Waals surface area contributed by atoms with Crippen LogP contribution in [0.4, 0.5) is 8.78 Å². The van der Waals surface area contributed by atoms with Gasteiger partial charge in [-0.2, -0.15) is 0 Å². The van der Waals surface area contributed by atoms with Crippen LogP contribution >= 0.6 is 0 Å². The van der Waals surface area contributed by atoms with Crippen molar-refractivity contribution in [3.63, 3.8) is 0 Å². The van der Waals surface area contributed by atoms with Gasteiger partial charge in [0.15, 0.2) is 11.6 Å². The van der Waals surface area contributed by atoms with Gasteiger partial charge in [-0.05, 0) is 35.6 Å². The van der Waals surface area contributed by atoms with Gasteiger partial charge in [-0.1, -0.05) is 36.4 Å². The molecule has 2 unspecified atom stereocenters. The molecule has 4 heteroatoms. The lowest BCUT2D eigenvalue weighted by Gasteiger charge is -2.36. The van der Waals surface area contributed by atoms with E-state index in [0.29, 0.717) is 12.5 Å². The normalized spacial score (nSPS) is 22.7. The van der Waals surface area contributed by atoms with Crippen LogP contribution in [0.25, 0.3) is 0 Å². The average Bonchev–Trinajstić information content (AvgIpc) is 2.51. The quantitative estimate of drug-likeness (QED) is 0.943. The number of rotatable bonds is 3. The van der Waals surface area contributed by atoms with Crippen LogP contribution < -0.4 is 5.73 Å². The molecule has 2 nitrogen and oxygen atoms in total. The summed E-state index contributed by atoms with van der Waals surface area (Å²) in [7, 11) is 0. The lowest BCUT2D eigenvalue weighted by atomic mass is 9.88. The summed E-state index contributed by atoms with van der Waals surface area (Å²) in [6.45, 7) is 2.26. The van der Waals surface area contributed by atoms with Crippen molar-refractivity contribution >= 4 is 0 Å². The van der Waals surface area contributed by atoms with Crippen LogP contribution in [-0.2, 0) is 6.54 Å². The number of hydrogen-bond donors (Lipinski definition) is 1. The predicted octanol–water partition coefficient (Wildman–Crippen LogP) is 3.28. The van der Waals surface area contributed by atoms with E-state index in [1.54, 1.807) is 6.07 Å². The third-order valence-corrected chi connectivity index (χ3v) is 4.22. The Bertz CT molecular complexity index is 630. The van der Waals surface area contributed by atoms with E-state index in [1.807, 2.05) is 18.2 Å². The highest BCUT2D eigenvalue weighted by Crippen LogP contribution is 2.27. The molecule has 0 bridgehead atoms. The van der Waals surface area contributed by atoms with E-state index in [0.717, 1.165) is 25.1 Å². The fraction of sp³-hybridized carbons (Fsp3) is 0.333. The zero-order valence-electron chi connectivity index (χ0n) is 12.4. The first-order valence-corrected chi connectivity index (χ1v) is 7.58. The van der Waals surface area contributed by atoms with E-state index >= 15 is 0 Å². The van der Waals surface area contributed by atoms with Gasteiger partial charge in [-0.25, -0.2) is 8.78 Å². The molecule has 1 aliphatic heterocycles. The van der Waals surface area contributed by atoms with E-state index in [9.17, 15) is 8.78 Å². The van der Waals surface area contributed by atoms with Crippen molar-refractivity contribution in [2.24, 2.45) is 5.73 Å². The molecule has 2 N–H and O–H groups in total. The first-order chi connectivity index (χ1) is 10.6. The molecule has 0 aromatic heterocycles. The van der Waals surface area contributed by atoms with Crippen LogP contribution in [0.3, 0.4) is 0 Å². The summed E-state index contributed by atoms with van der Waals surface area (Å²) in [5.74, 6) is -1.21. The molecule has 0 aliphatic carbocycles. The number of piperidine rings is 1. The Kier molecular flexibility index (Phi) is 4.50. The Morgan fingerprint density at radius 1 is 1.00 bits per heavy atom. The number of halogens is 2. The SMILES string of the molecule is NC1CC(c2ccccc2)CN(Cc2ccc(F)c(F)c2)C1. The highest BCUT2D eigenvalue weighted by molar-refractivity contribution is 5.22. The molecular weight excluding hydrogens is 282 g/mol. The van der Waals surface area contributed by atoms with Crippen LogP contribution in [0.15, 0.2) is 48.5 Å². The largest absolute Gasteiger partial charge is 0.327 e. The van der Waals surface area contributed by atoms with Crippen molar-refractivity contribution in [2.45, 2.75) is 24.9 Å². The Morgan fingerprint density at radius 2 is 1.77 bits per heavy atom. The van der Waals surface area contributed by atoms with Gasteiger partial charge in [0, 0.05) is 25.7 Å². The fourth-order valence-corrected chi connectivity index (χ4v) is 3.22. The maximum atomic E-state index is 13.3. The molecule has 0 saturated carbocycles. The highest BCUT2D eigenvalue weighted by atomic mass is 19.2. The molecule has 1 aliphatic rings. The Balaban J connectivity index is 1.72. The van der Waals surface area contributed by atoms with Gasteiger partial charge in [0.05, 0.1) is 0 Å². The van der Waals surface area contributed by atoms with Crippen molar-refractivity contribution in [1.29, 1.82) is 0 Å². The van der Waals surface area contributed by atoms with Gasteiger partial charge >= 0.3 is 0 Å². The number of benzene rings is 2. The second-order valence-electron chi connectivity index (χ2n) is 6.05. The van der Waals surface area contributed by atoms with Crippen LogP contribution in [-0.4, -0.2) is 24.0 Å². The van der Waals surface area contributed by atoms with Crippen molar-refractivity contribution in [1.82, 2.24) is 4.90 Å². The number of likely N-dealkylation sites (tertiary alicyclic amines) is 1. The summed E-state index contributed by atoms with van der Waals surface area (Å²) < 4.78 is 26.3. The molecule has 2 aromatic rings. The van der Waals surface area contributed by atoms with Crippen LogP contribution in [0.5, 0.6) is 0 Å². The second kappa shape index (κ2) is 6.55. The molecule has 0 amide bonds. The monoisotopic (exact) mass is 302 g/mol. The van der Waals surface area contributed by atoms with E-state index < -0.39 is 11.6 Å². The van der Waals surface area contributed by atoms with Gasteiger partial charge in [0.1, 0.15) is 0 Å². The maximum Gasteiger partial charge on any atom is 0.159 e. The van der Waals surface area contributed by atoms with E-state index in [1.165, 1.54) is 17.7 Å². The molecule has 0 radical (unpaired) electrons. The summed E-state index contributed by atoms with van der Waals surface area (Å²) >= 11 is 0. The summed E-state index contributed by atoms with van der Waals surface area (Å²) in [6, 6.07) is 14.5. The molecule has 3 rings (SSSR count). The van der Waals surface area contributed by atoms with E-state index in [4.69, 9.17) is 5.73 Å². The van der Waals surface area contributed by atoms with Crippen molar-refractivity contribution in [3.05, 3.63) is 71.3 Å². The minimum absolute atomic E-state index is 0.101. The summed E-state index contributed by atoms with van der Waals surface area (Å²) in [6.07, 6.45) is 0.957. The van der Waals surface area contributed by atoms with E-state index in [2.05, 4.69) is 17.0 Å². The van der Waals surface area contributed by atoms with Crippen LogP contribution in [0.1, 0.15) is 23.5 Å². The zero-order chi connectivity index (χ0) is 15.5. The maximum absolute atomic E-state index is 13.3. The number of nitrogens with two attached hydrogens (primary N) is 1.